The minimum Gasteiger partial charge on any atom is -0.315 e. The van der Waals surface area contributed by atoms with Crippen LogP contribution in [0.15, 0.2) is 0 Å². The second-order valence-corrected chi connectivity index (χ2v) is 2.81. The first kappa shape index (κ1) is 8.52. The Hall–Kier alpha value is -0.480. The molecule has 0 atom stereocenters. The van der Waals surface area contributed by atoms with E-state index in [4.69, 9.17) is 6.42 Å². The standard InChI is InChI=1S/C8H14N/c1-5-6-7-8(2,3)9-4/h9H,6-7H2,2-4H3. The van der Waals surface area contributed by atoms with E-state index < -0.39 is 0 Å². The van der Waals surface area contributed by atoms with E-state index in [0.29, 0.717) is 0 Å². The Morgan fingerprint density at radius 1 is 1.56 bits per heavy atom. The molecule has 51 valence electrons. The lowest BCUT2D eigenvalue weighted by Gasteiger charge is -2.22. The Bertz CT molecular complexity index is 108. The summed E-state index contributed by atoms with van der Waals surface area (Å²) in [6, 6.07) is 0. The molecule has 0 heterocycles. The molecular formula is C8H14N. The minimum atomic E-state index is 0.161. The van der Waals surface area contributed by atoms with E-state index in [1.165, 1.54) is 0 Å². The van der Waals surface area contributed by atoms with Gasteiger partial charge in [0.05, 0.1) is 0 Å². The first-order chi connectivity index (χ1) is 4.12. The van der Waals surface area contributed by atoms with Crippen LogP contribution in [0, 0.1) is 12.3 Å². The van der Waals surface area contributed by atoms with Gasteiger partial charge in [0.25, 0.3) is 0 Å². The highest BCUT2D eigenvalue weighted by Crippen LogP contribution is 2.08. The predicted octanol–water partition coefficient (Wildman–Crippen LogP) is 1.35. The van der Waals surface area contributed by atoms with Crippen LogP contribution < -0.4 is 5.32 Å². The van der Waals surface area contributed by atoms with Crippen LogP contribution in [0.5, 0.6) is 0 Å². The van der Waals surface area contributed by atoms with Gasteiger partial charge in [-0.3, -0.25) is 0 Å². The molecule has 0 aliphatic carbocycles. The number of nitrogens with one attached hydrogen (secondary N) is 1. The molecule has 0 rings (SSSR count). The Balaban J connectivity index is 3.48. The summed E-state index contributed by atoms with van der Waals surface area (Å²) in [6.07, 6.45) is 8.40. The summed E-state index contributed by atoms with van der Waals surface area (Å²) in [4.78, 5) is 0. The lowest BCUT2D eigenvalue weighted by Crippen LogP contribution is -2.35. The summed E-state index contributed by atoms with van der Waals surface area (Å²) < 4.78 is 0. The number of hydrogen-bond acceptors (Lipinski definition) is 1. The second-order valence-electron chi connectivity index (χ2n) is 2.81. The van der Waals surface area contributed by atoms with Gasteiger partial charge >= 0.3 is 0 Å². The van der Waals surface area contributed by atoms with Crippen LogP contribution in [0.1, 0.15) is 26.7 Å². The molecule has 0 amide bonds. The third kappa shape index (κ3) is 4.05. The van der Waals surface area contributed by atoms with Crippen molar-refractivity contribution in [3.63, 3.8) is 0 Å². The summed E-state index contributed by atoms with van der Waals surface area (Å²) in [5.74, 6) is 2.37. The largest absolute Gasteiger partial charge is 0.315 e. The van der Waals surface area contributed by atoms with E-state index in [2.05, 4.69) is 25.1 Å². The van der Waals surface area contributed by atoms with Gasteiger partial charge in [-0.1, -0.05) is 5.92 Å². The highest BCUT2D eigenvalue weighted by molar-refractivity contribution is 4.83. The van der Waals surface area contributed by atoms with Crippen LogP contribution >= 0.6 is 0 Å². The van der Waals surface area contributed by atoms with Crippen LogP contribution in [0.25, 0.3) is 0 Å². The van der Waals surface area contributed by atoms with Crippen molar-refractivity contribution in [1.29, 1.82) is 0 Å². The Labute approximate surface area is 57.8 Å². The number of rotatable bonds is 3. The normalized spacial score (nSPS) is 10.9. The monoisotopic (exact) mass is 124 g/mol. The Morgan fingerprint density at radius 3 is 2.44 bits per heavy atom. The molecule has 1 heteroatoms. The second kappa shape index (κ2) is 3.53. The van der Waals surface area contributed by atoms with E-state index >= 15 is 0 Å². The predicted molar refractivity (Wildman–Crippen MR) is 39.5 cm³/mol. The molecule has 0 bridgehead atoms. The fourth-order valence-electron chi connectivity index (χ4n) is 0.500. The van der Waals surface area contributed by atoms with Gasteiger partial charge in [0.1, 0.15) is 0 Å². The van der Waals surface area contributed by atoms with Crippen LogP contribution in [0.3, 0.4) is 0 Å². The van der Waals surface area contributed by atoms with Crippen LogP contribution in [-0.4, -0.2) is 12.6 Å². The van der Waals surface area contributed by atoms with Gasteiger partial charge in [-0.2, -0.15) is 0 Å². The van der Waals surface area contributed by atoms with E-state index in [9.17, 15) is 0 Å². The zero-order valence-electron chi connectivity index (χ0n) is 6.41. The fraction of sp³-hybridized carbons (Fsp3) is 0.750. The van der Waals surface area contributed by atoms with E-state index in [1.807, 2.05) is 7.05 Å². The zero-order valence-corrected chi connectivity index (χ0v) is 6.41. The van der Waals surface area contributed by atoms with Crippen molar-refractivity contribution >= 4 is 0 Å². The first-order valence-electron chi connectivity index (χ1n) is 3.21. The lowest BCUT2D eigenvalue weighted by atomic mass is 9.99. The van der Waals surface area contributed by atoms with Gasteiger partial charge in [0.2, 0.25) is 0 Å². The van der Waals surface area contributed by atoms with Gasteiger partial charge in [-0.05, 0) is 33.7 Å². The van der Waals surface area contributed by atoms with Crippen molar-refractivity contribution < 1.29 is 0 Å². The Kier molecular flexibility index (Phi) is 3.34. The summed E-state index contributed by atoms with van der Waals surface area (Å²) >= 11 is 0. The molecule has 1 radical (unpaired) electrons. The summed E-state index contributed by atoms with van der Waals surface area (Å²) in [5, 5.41) is 3.15. The third-order valence-electron chi connectivity index (χ3n) is 1.55. The smallest absolute Gasteiger partial charge is 0.0131 e. The van der Waals surface area contributed by atoms with Crippen molar-refractivity contribution in [3.05, 3.63) is 6.42 Å². The summed E-state index contributed by atoms with van der Waals surface area (Å²) in [6.45, 7) is 4.23. The molecular weight excluding hydrogens is 110 g/mol. The summed E-state index contributed by atoms with van der Waals surface area (Å²) in [7, 11) is 1.93. The molecule has 0 aliphatic rings. The SMILES string of the molecule is [C]#CCCC(C)(C)NC. The molecule has 0 aromatic heterocycles. The van der Waals surface area contributed by atoms with Crippen LogP contribution in [0.2, 0.25) is 0 Å². The van der Waals surface area contributed by atoms with E-state index in [-0.39, 0.29) is 5.54 Å². The molecule has 0 spiro atoms. The van der Waals surface area contributed by atoms with Gasteiger partial charge in [-0.15, -0.1) is 0 Å². The molecule has 0 saturated carbocycles. The molecule has 0 aliphatic heterocycles. The highest BCUT2D eigenvalue weighted by atomic mass is 14.9. The molecule has 0 fully saturated rings. The van der Waals surface area contributed by atoms with Crippen molar-refractivity contribution in [1.82, 2.24) is 5.32 Å². The van der Waals surface area contributed by atoms with Gasteiger partial charge in [0, 0.05) is 12.0 Å². The van der Waals surface area contributed by atoms with Crippen molar-refractivity contribution in [2.24, 2.45) is 0 Å². The molecule has 1 nitrogen and oxygen atoms in total. The number of hydrogen-bond donors (Lipinski definition) is 1. The van der Waals surface area contributed by atoms with Gasteiger partial charge < -0.3 is 5.32 Å². The highest BCUT2D eigenvalue weighted by Gasteiger charge is 2.11. The topological polar surface area (TPSA) is 12.0 Å². The van der Waals surface area contributed by atoms with Crippen LogP contribution in [0.4, 0.5) is 0 Å². The average molecular weight is 124 g/mol. The molecule has 0 aromatic carbocycles. The van der Waals surface area contributed by atoms with Crippen molar-refractivity contribution in [3.8, 4) is 5.92 Å². The van der Waals surface area contributed by atoms with Crippen molar-refractivity contribution in [2.45, 2.75) is 32.2 Å². The maximum Gasteiger partial charge on any atom is 0.0131 e. The molecule has 1 N–H and O–H groups in total. The molecule has 9 heavy (non-hydrogen) atoms. The lowest BCUT2D eigenvalue weighted by molar-refractivity contribution is 0.399. The maximum absolute atomic E-state index is 6.68. The zero-order chi connectivity index (χ0) is 7.33. The fourth-order valence-corrected chi connectivity index (χ4v) is 0.500. The molecule has 0 unspecified atom stereocenters. The average Bonchev–Trinajstić information content (AvgIpc) is 1.84. The maximum atomic E-state index is 6.68. The van der Waals surface area contributed by atoms with E-state index in [1.54, 1.807) is 0 Å². The van der Waals surface area contributed by atoms with Crippen LogP contribution in [-0.2, 0) is 0 Å². The van der Waals surface area contributed by atoms with Crippen molar-refractivity contribution in [2.75, 3.05) is 7.05 Å². The van der Waals surface area contributed by atoms with Gasteiger partial charge in [-0.25, -0.2) is 0 Å². The van der Waals surface area contributed by atoms with E-state index in [0.717, 1.165) is 12.8 Å². The Morgan fingerprint density at radius 2 is 2.11 bits per heavy atom. The minimum absolute atomic E-state index is 0.161. The summed E-state index contributed by atoms with van der Waals surface area (Å²) in [5.41, 5.74) is 0.161. The third-order valence-corrected chi connectivity index (χ3v) is 1.55. The molecule has 0 saturated heterocycles. The quantitative estimate of drug-likeness (QED) is 0.560. The van der Waals surface area contributed by atoms with Gasteiger partial charge in [0.15, 0.2) is 0 Å². The first-order valence-corrected chi connectivity index (χ1v) is 3.21. The molecule has 0 aromatic rings.